The van der Waals surface area contributed by atoms with Crippen LogP contribution in [0.3, 0.4) is 0 Å². The summed E-state index contributed by atoms with van der Waals surface area (Å²) in [5, 5.41) is 2.68. The molecule has 0 bridgehead atoms. The number of cyclic esters (lactones) is 1. The first-order valence-electron chi connectivity index (χ1n) is 8.48. The summed E-state index contributed by atoms with van der Waals surface area (Å²) in [5.41, 5.74) is 4.36. The zero-order chi connectivity index (χ0) is 17.8. The van der Waals surface area contributed by atoms with Crippen molar-refractivity contribution in [3.8, 4) is 11.1 Å². The zero-order valence-corrected chi connectivity index (χ0v) is 14.5. The number of carbonyl (C=O) groups excluding carboxylic acids is 2. The molecule has 0 radical (unpaired) electrons. The van der Waals surface area contributed by atoms with Gasteiger partial charge >= 0.3 is 6.09 Å². The van der Waals surface area contributed by atoms with Gasteiger partial charge in [-0.05, 0) is 35.2 Å². The minimum Gasteiger partial charge on any atom is -0.442 e. The maximum atomic E-state index is 12.0. The lowest BCUT2D eigenvalue weighted by atomic mass is 10.0. The predicted molar refractivity (Wildman–Crippen MR) is 97.6 cm³/mol. The number of hydrogen-bond acceptors (Lipinski definition) is 3. The molecular weight excluding hydrogens is 316 g/mol. The van der Waals surface area contributed by atoms with Gasteiger partial charge in [-0.25, -0.2) is 4.79 Å². The highest BCUT2D eigenvalue weighted by Crippen LogP contribution is 2.26. The minimum absolute atomic E-state index is 0.132. The first-order chi connectivity index (χ1) is 12.1. The lowest BCUT2D eigenvalue weighted by Crippen LogP contribution is -2.33. The maximum Gasteiger partial charge on any atom is 0.414 e. The molecule has 2 amide bonds. The van der Waals surface area contributed by atoms with E-state index in [2.05, 4.69) is 36.5 Å². The number of ether oxygens (including phenoxy) is 1. The molecule has 1 saturated heterocycles. The van der Waals surface area contributed by atoms with E-state index >= 15 is 0 Å². The highest BCUT2D eigenvalue weighted by atomic mass is 16.6. The summed E-state index contributed by atoms with van der Waals surface area (Å²) >= 11 is 0. The second-order valence-electron chi connectivity index (χ2n) is 6.15. The number of carbonyl (C=O) groups is 2. The minimum atomic E-state index is -0.379. The molecule has 1 fully saturated rings. The van der Waals surface area contributed by atoms with Gasteiger partial charge in [-0.3, -0.25) is 9.69 Å². The average Bonchev–Trinajstić information content (AvgIpc) is 3.01. The highest BCUT2D eigenvalue weighted by Gasteiger charge is 2.32. The number of benzene rings is 2. The molecule has 1 aliphatic rings. The lowest BCUT2D eigenvalue weighted by Gasteiger charge is -2.14. The van der Waals surface area contributed by atoms with Crippen LogP contribution in [-0.2, 0) is 16.0 Å². The third-order valence-corrected chi connectivity index (χ3v) is 4.33. The molecule has 3 rings (SSSR count). The molecule has 5 heteroatoms. The molecule has 2 aromatic carbocycles. The Balaban J connectivity index is 1.69. The van der Waals surface area contributed by atoms with Crippen molar-refractivity contribution in [2.24, 2.45) is 0 Å². The molecule has 25 heavy (non-hydrogen) atoms. The summed E-state index contributed by atoms with van der Waals surface area (Å²) in [5.74, 6) is -0.132. The van der Waals surface area contributed by atoms with Gasteiger partial charge in [-0.2, -0.15) is 0 Å². The van der Waals surface area contributed by atoms with Gasteiger partial charge in [0.05, 0.1) is 13.1 Å². The van der Waals surface area contributed by atoms with Gasteiger partial charge in [0.15, 0.2) is 0 Å². The van der Waals surface area contributed by atoms with Gasteiger partial charge in [0.1, 0.15) is 6.10 Å². The van der Waals surface area contributed by atoms with Crippen LogP contribution in [0.4, 0.5) is 10.5 Å². The van der Waals surface area contributed by atoms with Gasteiger partial charge in [0.25, 0.3) is 0 Å². The number of rotatable bonds is 5. The van der Waals surface area contributed by atoms with Gasteiger partial charge in [0.2, 0.25) is 5.91 Å². The van der Waals surface area contributed by atoms with Gasteiger partial charge in [-0.15, -0.1) is 0 Å². The molecule has 0 aromatic heterocycles. The second kappa shape index (κ2) is 7.38. The average molecular weight is 338 g/mol. The smallest absolute Gasteiger partial charge is 0.414 e. The Morgan fingerprint density at radius 1 is 1.12 bits per heavy atom. The van der Waals surface area contributed by atoms with E-state index in [4.69, 9.17) is 4.74 Å². The third kappa shape index (κ3) is 3.99. The predicted octanol–water partition coefficient (Wildman–Crippen LogP) is 3.38. The highest BCUT2D eigenvalue weighted by molar-refractivity contribution is 5.90. The molecule has 0 spiro atoms. The van der Waals surface area contributed by atoms with Crippen LogP contribution < -0.4 is 10.2 Å². The summed E-state index contributed by atoms with van der Waals surface area (Å²) in [6.45, 7) is 4.35. The second-order valence-corrected chi connectivity index (χ2v) is 6.15. The standard InChI is InChI=1S/C20H22N2O3/c1-3-15-4-6-16(7-5-15)17-8-10-18(11-9-17)22-13-19(25-20(22)24)12-21-14(2)23/h4-11,19H,3,12-13H2,1-2H3,(H,21,23). The van der Waals surface area contributed by atoms with Crippen molar-refractivity contribution in [1.29, 1.82) is 0 Å². The molecule has 2 aromatic rings. The van der Waals surface area contributed by atoms with Crippen LogP contribution in [0.15, 0.2) is 48.5 Å². The van der Waals surface area contributed by atoms with Crippen molar-refractivity contribution in [3.05, 3.63) is 54.1 Å². The third-order valence-electron chi connectivity index (χ3n) is 4.33. The summed E-state index contributed by atoms with van der Waals surface area (Å²) in [4.78, 5) is 24.6. The molecule has 1 aliphatic heterocycles. The fourth-order valence-corrected chi connectivity index (χ4v) is 2.86. The molecule has 1 N–H and O–H groups in total. The van der Waals surface area contributed by atoms with E-state index in [1.807, 2.05) is 24.3 Å². The molecule has 5 nitrogen and oxygen atoms in total. The molecule has 130 valence electrons. The van der Waals surface area contributed by atoms with Crippen LogP contribution in [0.25, 0.3) is 11.1 Å². The summed E-state index contributed by atoms with van der Waals surface area (Å²) in [6.07, 6.45) is 0.323. The van der Waals surface area contributed by atoms with Crippen molar-refractivity contribution in [2.75, 3.05) is 18.0 Å². The largest absolute Gasteiger partial charge is 0.442 e. The fourth-order valence-electron chi connectivity index (χ4n) is 2.86. The van der Waals surface area contributed by atoms with Gasteiger partial charge in [0, 0.05) is 12.6 Å². The Hall–Kier alpha value is -2.82. The van der Waals surface area contributed by atoms with Crippen LogP contribution >= 0.6 is 0 Å². The Kier molecular flexibility index (Phi) is 5.03. The summed E-state index contributed by atoms with van der Waals surface area (Å²) in [6, 6.07) is 16.3. The molecular formula is C20H22N2O3. The molecule has 1 atom stereocenters. The molecule has 0 saturated carbocycles. The number of amides is 2. The van der Waals surface area contributed by atoms with Crippen molar-refractivity contribution in [2.45, 2.75) is 26.4 Å². The van der Waals surface area contributed by atoms with Crippen LogP contribution in [-0.4, -0.2) is 31.2 Å². The molecule has 0 aliphatic carbocycles. The van der Waals surface area contributed by atoms with E-state index in [0.29, 0.717) is 13.1 Å². The topological polar surface area (TPSA) is 58.6 Å². The number of hydrogen-bond donors (Lipinski definition) is 1. The first kappa shape index (κ1) is 17.0. The van der Waals surface area contributed by atoms with Crippen molar-refractivity contribution < 1.29 is 14.3 Å². The summed E-state index contributed by atoms with van der Waals surface area (Å²) in [7, 11) is 0. The van der Waals surface area contributed by atoms with Crippen molar-refractivity contribution in [3.63, 3.8) is 0 Å². The normalized spacial score (nSPS) is 16.6. The van der Waals surface area contributed by atoms with Crippen molar-refractivity contribution in [1.82, 2.24) is 5.32 Å². The number of aryl methyl sites for hydroxylation is 1. The summed E-state index contributed by atoms with van der Waals surface area (Å²) < 4.78 is 5.29. The Morgan fingerprint density at radius 3 is 2.28 bits per heavy atom. The first-order valence-corrected chi connectivity index (χ1v) is 8.48. The maximum absolute atomic E-state index is 12.0. The SMILES string of the molecule is CCc1ccc(-c2ccc(N3CC(CNC(C)=O)OC3=O)cc2)cc1. The Bertz CT molecular complexity index is 754. The van der Waals surface area contributed by atoms with Gasteiger partial charge in [-0.1, -0.05) is 43.3 Å². The Morgan fingerprint density at radius 2 is 1.72 bits per heavy atom. The van der Waals surface area contributed by atoms with Crippen LogP contribution in [0.1, 0.15) is 19.4 Å². The van der Waals surface area contributed by atoms with Crippen molar-refractivity contribution >= 4 is 17.7 Å². The van der Waals surface area contributed by atoms with E-state index < -0.39 is 0 Å². The Labute approximate surface area is 147 Å². The molecule has 1 unspecified atom stereocenters. The van der Waals surface area contributed by atoms with E-state index in [-0.39, 0.29) is 18.1 Å². The quantitative estimate of drug-likeness (QED) is 0.909. The van der Waals surface area contributed by atoms with E-state index in [1.54, 1.807) is 4.90 Å². The van der Waals surface area contributed by atoms with Crippen LogP contribution in [0, 0.1) is 0 Å². The van der Waals surface area contributed by atoms with E-state index in [9.17, 15) is 9.59 Å². The van der Waals surface area contributed by atoms with Crippen LogP contribution in [0.5, 0.6) is 0 Å². The fraction of sp³-hybridized carbons (Fsp3) is 0.300. The van der Waals surface area contributed by atoms with E-state index in [0.717, 1.165) is 23.2 Å². The number of nitrogens with zero attached hydrogens (tertiary/aromatic N) is 1. The van der Waals surface area contributed by atoms with E-state index in [1.165, 1.54) is 12.5 Å². The monoisotopic (exact) mass is 338 g/mol. The molecule has 1 heterocycles. The lowest BCUT2D eigenvalue weighted by molar-refractivity contribution is -0.119. The zero-order valence-electron chi connectivity index (χ0n) is 14.5. The number of anilines is 1. The van der Waals surface area contributed by atoms with Crippen LogP contribution in [0.2, 0.25) is 0 Å². The van der Waals surface area contributed by atoms with Gasteiger partial charge < -0.3 is 10.1 Å². The number of nitrogens with one attached hydrogen (secondary N) is 1.